The third kappa shape index (κ3) is 2.83. The van der Waals surface area contributed by atoms with E-state index >= 15 is 0 Å². The lowest BCUT2D eigenvalue weighted by Gasteiger charge is -2.14. The zero-order valence-corrected chi connectivity index (χ0v) is 12.1. The lowest BCUT2D eigenvalue weighted by Crippen LogP contribution is -2.31. The first-order valence-corrected chi connectivity index (χ1v) is 7.30. The number of nitrogens with one attached hydrogen (secondary N) is 1. The molecule has 1 aliphatic rings. The zero-order chi connectivity index (χ0) is 14.7. The molecule has 0 aromatic heterocycles. The highest BCUT2D eigenvalue weighted by Crippen LogP contribution is 2.29. The highest BCUT2D eigenvalue weighted by Gasteiger charge is 2.25. The summed E-state index contributed by atoms with van der Waals surface area (Å²) in [6.07, 6.45) is 1.96. The quantitative estimate of drug-likeness (QED) is 0.874. The Bertz CT molecular complexity index is 631. The smallest absolute Gasteiger partial charge is 0.180 e. The average molecular weight is 281 g/mol. The van der Waals surface area contributed by atoms with Crippen LogP contribution in [0.15, 0.2) is 48.5 Å². The predicted octanol–water partition coefficient (Wildman–Crippen LogP) is 3.30. The number of hydrogen-bond donors (Lipinski definition) is 1. The van der Waals surface area contributed by atoms with Crippen LogP contribution in [0.4, 0.5) is 0 Å². The van der Waals surface area contributed by atoms with E-state index in [9.17, 15) is 4.79 Å². The fraction of sp³-hybridized carbons (Fsp3) is 0.278. The Hall–Kier alpha value is -2.13. The van der Waals surface area contributed by atoms with Gasteiger partial charge in [-0.2, -0.15) is 0 Å². The van der Waals surface area contributed by atoms with Crippen LogP contribution in [-0.2, 0) is 0 Å². The minimum absolute atomic E-state index is 0.0698. The molecular weight excluding hydrogens is 262 g/mol. The van der Waals surface area contributed by atoms with Gasteiger partial charge in [-0.3, -0.25) is 4.79 Å². The third-order valence-corrected chi connectivity index (χ3v) is 3.95. The maximum absolute atomic E-state index is 12.8. The molecule has 21 heavy (non-hydrogen) atoms. The molecule has 3 heteroatoms. The molecule has 2 aromatic carbocycles. The molecule has 1 atom stereocenters. The van der Waals surface area contributed by atoms with Crippen molar-refractivity contribution in [3.63, 3.8) is 0 Å². The van der Waals surface area contributed by atoms with E-state index in [1.165, 1.54) is 0 Å². The molecule has 1 N–H and O–H groups in total. The summed E-state index contributed by atoms with van der Waals surface area (Å²) in [5.74, 6) is 0.876. The highest BCUT2D eigenvalue weighted by atomic mass is 16.5. The second-order valence-electron chi connectivity index (χ2n) is 5.29. The third-order valence-electron chi connectivity index (χ3n) is 3.95. The lowest BCUT2D eigenvalue weighted by molar-refractivity contribution is 0.0952. The average Bonchev–Trinajstić information content (AvgIpc) is 3.09. The SMILES string of the molecule is COc1ccc(-c2ccccc2)c(C(=O)C2CCCN2)c1. The fourth-order valence-corrected chi connectivity index (χ4v) is 2.82. The standard InChI is InChI=1S/C18H19NO2/c1-21-14-9-10-15(13-6-3-2-4-7-13)16(12-14)18(20)17-8-5-11-19-17/h2-4,6-7,9-10,12,17,19H,5,8,11H2,1H3. The van der Waals surface area contributed by atoms with Gasteiger partial charge in [0.15, 0.2) is 5.78 Å². The van der Waals surface area contributed by atoms with E-state index in [0.717, 1.165) is 41.8 Å². The normalized spacial score (nSPS) is 17.7. The van der Waals surface area contributed by atoms with Crippen LogP contribution < -0.4 is 10.1 Å². The molecule has 3 rings (SSSR count). The second-order valence-corrected chi connectivity index (χ2v) is 5.29. The van der Waals surface area contributed by atoms with Crippen molar-refractivity contribution in [2.75, 3.05) is 13.7 Å². The zero-order valence-electron chi connectivity index (χ0n) is 12.1. The minimum Gasteiger partial charge on any atom is -0.497 e. The summed E-state index contributed by atoms with van der Waals surface area (Å²) in [5, 5.41) is 3.28. The summed E-state index contributed by atoms with van der Waals surface area (Å²) in [4.78, 5) is 12.8. The fourth-order valence-electron chi connectivity index (χ4n) is 2.82. The number of rotatable bonds is 4. The molecule has 3 nitrogen and oxygen atoms in total. The van der Waals surface area contributed by atoms with Crippen LogP contribution in [0, 0.1) is 0 Å². The summed E-state index contributed by atoms with van der Waals surface area (Å²) in [6.45, 7) is 0.918. The molecule has 0 bridgehead atoms. The van der Waals surface area contributed by atoms with Crippen molar-refractivity contribution in [2.45, 2.75) is 18.9 Å². The molecule has 1 aliphatic heterocycles. The second kappa shape index (κ2) is 6.10. The lowest BCUT2D eigenvalue weighted by atomic mass is 9.93. The number of Topliss-reactive ketones (excluding diaryl/α,β-unsaturated/α-hetero) is 1. The Morgan fingerprint density at radius 3 is 2.67 bits per heavy atom. The number of carbonyl (C=O) groups is 1. The van der Waals surface area contributed by atoms with Gasteiger partial charge in [0, 0.05) is 5.56 Å². The molecule has 0 aliphatic carbocycles. The minimum atomic E-state index is -0.0698. The van der Waals surface area contributed by atoms with Gasteiger partial charge in [0.05, 0.1) is 13.2 Å². The summed E-state index contributed by atoms with van der Waals surface area (Å²) in [6, 6.07) is 15.7. The number of methoxy groups -OCH3 is 1. The molecule has 2 aromatic rings. The van der Waals surface area contributed by atoms with Gasteiger partial charge in [0.1, 0.15) is 5.75 Å². The summed E-state index contributed by atoms with van der Waals surface area (Å²) < 4.78 is 5.29. The van der Waals surface area contributed by atoms with E-state index in [-0.39, 0.29) is 11.8 Å². The van der Waals surface area contributed by atoms with Gasteiger partial charge >= 0.3 is 0 Å². The summed E-state index contributed by atoms with van der Waals surface area (Å²) in [7, 11) is 1.62. The van der Waals surface area contributed by atoms with Crippen LogP contribution in [0.1, 0.15) is 23.2 Å². The summed E-state index contributed by atoms with van der Waals surface area (Å²) in [5.41, 5.74) is 2.76. The first kappa shape index (κ1) is 13.8. The molecule has 1 unspecified atom stereocenters. The van der Waals surface area contributed by atoms with Gasteiger partial charge in [0.25, 0.3) is 0 Å². The van der Waals surface area contributed by atoms with E-state index in [2.05, 4.69) is 5.32 Å². The molecule has 0 spiro atoms. The number of ether oxygens (including phenoxy) is 1. The Morgan fingerprint density at radius 1 is 1.19 bits per heavy atom. The van der Waals surface area contributed by atoms with Crippen molar-refractivity contribution >= 4 is 5.78 Å². The number of carbonyl (C=O) groups excluding carboxylic acids is 1. The van der Waals surface area contributed by atoms with Gasteiger partial charge in [0.2, 0.25) is 0 Å². The van der Waals surface area contributed by atoms with Gasteiger partial charge in [-0.05, 0) is 48.7 Å². The molecular formula is C18H19NO2. The maximum Gasteiger partial charge on any atom is 0.180 e. The van der Waals surface area contributed by atoms with Gasteiger partial charge in [-0.1, -0.05) is 30.3 Å². The number of ketones is 1. The van der Waals surface area contributed by atoms with Crippen LogP contribution in [0.3, 0.4) is 0 Å². The largest absolute Gasteiger partial charge is 0.497 e. The Morgan fingerprint density at radius 2 is 2.00 bits per heavy atom. The van der Waals surface area contributed by atoms with E-state index < -0.39 is 0 Å². The molecule has 1 heterocycles. The van der Waals surface area contributed by atoms with E-state index in [4.69, 9.17) is 4.74 Å². The first-order valence-electron chi connectivity index (χ1n) is 7.30. The molecule has 0 amide bonds. The highest BCUT2D eigenvalue weighted by molar-refractivity contribution is 6.06. The Balaban J connectivity index is 2.05. The molecule has 0 radical (unpaired) electrons. The van der Waals surface area contributed by atoms with Crippen LogP contribution in [0.2, 0.25) is 0 Å². The van der Waals surface area contributed by atoms with Gasteiger partial charge in [-0.25, -0.2) is 0 Å². The van der Waals surface area contributed by atoms with E-state index in [1.54, 1.807) is 7.11 Å². The molecule has 1 saturated heterocycles. The number of hydrogen-bond acceptors (Lipinski definition) is 3. The van der Waals surface area contributed by atoms with Crippen LogP contribution in [0.25, 0.3) is 11.1 Å². The van der Waals surface area contributed by atoms with Crippen LogP contribution in [0.5, 0.6) is 5.75 Å². The van der Waals surface area contributed by atoms with Crippen molar-refractivity contribution in [3.05, 3.63) is 54.1 Å². The maximum atomic E-state index is 12.8. The van der Waals surface area contributed by atoms with Crippen LogP contribution in [-0.4, -0.2) is 25.5 Å². The van der Waals surface area contributed by atoms with Crippen molar-refractivity contribution in [1.82, 2.24) is 5.32 Å². The van der Waals surface area contributed by atoms with Crippen molar-refractivity contribution in [3.8, 4) is 16.9 Å². The van der Waals surface area contributed by atoms with Gasteiger partial charge < -0.3 is 10.1 Å². The molecule has 1 fully saturated rings. The first-order chi connectivity index (χ1) is 10.3. The predicted molar refractivity (Wildman–Crippen MR) is 83.8 cm³/mol. The van der Waals surface area contributed by atoms with Crippen molar-refractivity contribution < 1.29 is 9.53 Å². The monoisotopic (exact) mass is 281 g/mol. The van der Waals surface area contributed by atoms with E-state index in [0.29, 0.717) is 0 Å². The van der Waals surface area contributed by atoms with Gasteiger partial charge in [-0.15, -0.1) is 0 Å². The van der Waals surface area contributed by atoms with Crippen molar-refractivity contribution in [2.24, 2.45) is 0 Å². The molecule has 108 valence electrons. The number of benzene rings is 2. The van der Waals surface area contributed by atoms with Crippen molar-refractivity contribution in [1.29, 1.82) is 0 Å². The topological polar surface area (TPSA) is 38.3 Å². The Kier molecular flexibility index (Phi) is 4.02. The molecule has 0 saturated carbocycles. The summed E-state index contributed by atoms with van der Waals surface area (Å²) >= 11 is 0. The van der Waals surface area contributed by atoms with E-state index in [1.807, 2.05) is 48.5 Å². The van der Waals surface area contributed by atoms with Crippen LogP contribution >= 0.6 is 0 Å². The Labute approximate surface area is 124 Å².